The molecule has 0 bridgehead atoms. The molecule has 0 aromatic heterocycles. The van der Waals surface area contributed by atoms with Gasteiger partial charge in [0.05, 0.1) is 0 Å². The summed E-state index contributed by atoms with van der Waals surface area (Å²) >= 11 is 15.5. The Morgan fingerprint density at radius 1 is 1.25 bits per heavy atom. The number of halogens is 3. The Bertz CT molecular complexity index is 66.2. The monoisotopic (exact) mass is 362 g/mol. The molecular weight excluding hydrogens is 355 g/mol. The van der Waals surface area contributed by atoms with Crippen LogP contribution in [0.5, 0.6) is 0 Å². The second kappa shape index (κ2) is 3.85. The first-order valence-electron chi connectivity index (χ1n) is 2.48. The summed E-state index contributed by atoms with van der Waals surface area (Å²) in [6.45, 7) is 4.23. The molecule has 0 unspecified atom stereocenters. The van der Waals surface area contributed by atoms with Gasteiger partial charge in [0.25, 0.3) is 0 Å². The first kappa shape index (κ1) is 9.81. The van der Waals surface area contributed by atoms with Gasteiger partial charge in [-0.25, -0.2) is 0 Å². The molecule has 0 aliphatic heterocycles. The molecule has 0 spiro atoms. The predicted octanol–water partition coefficient (Wildman–Crippen LogP) is 3.22. The fraction of sp³-hybridized carbons (Fsp3) is 1.00. The summed E-state index contributed by atoms with van der Waals surface area (Å²) in [6, 6.07) is 0. The van der Waals surface area contributed by atoms with Gasteiger partial charge >= 0.3 is 78.0 Å². The molecule has 0 saturated heterocycles. The van der Waals surface area contributed by atoms with E-state index in [9.17, 15) is 0 Å². The second-order valence-electron chi connectivity index (χ2n) is 2.21. The Hall–Kier alpha value is 1.81. The van der Waals surface area contributed by atoms with E-state index < -0.39 is 25.9 Å². The number of rotatable bonds is 1. The van der Waals surface area contributed by atoms with Crippen molar-refractivity contribution in [2.45, 2.75) is 18.6 Å². The fourth-order valence-electron chi connectivity index (χ4n) is 0.463. The van der Waals surface area contributed by atoms with Gasteiger partial charge < -0.3 is 0 Å². The van der Waals surface area contributed by atoms with Crippen LogP contribution in [-0.4, -0.2) is 1.30 Å². The third kappa shape index (κ3) is 7.81. The van der Waals surface area contributed by atoms with Gasteiger partial charge in [-0.15, -0.1) is 0 Å². The number of alkyl halides is 3. The molecule has 0 atom stereocenters. The quantitative estimate of drug-likeness (QED) is 0.497. The van der Waals surface area contributed by atoms with E-state index in [0.29, 0.717) is 3.43 Å². The maximum atomic E-state index is 5.56. The molecule has 0 aliphatic carbocycles. The summed E-state index contributed by atoms with van der Waals surface area (Å²) in [6.07, 6.45) is 0. The van der Waals surface area contributed by atoms with Gasteiger partial charge in [0.2, 0.25) is 0 Å². The molecule has 0 nitrogen and oxygen atoms in total. The van der Waals surface area contributed by atoms with Crippen molar-refractivity contribution in [2.24, 2.45) is 0 Å². The van der Waals surface area contributed by atoms with Crippen molar-refractivity contribution in [3.05, 3.63) is 0 Å². The van der Waals surface area contributed by atoms with E-state index in [1.807, 2.05) is 0 Å². The van der Waals surface area contributed by atoms with Gasteiger partial charge in [0, 0.05) is 0 Å². The van der Waals surface area contributed by atoms with Crippen LogP contribution < -0.4 is 0 Å². The Balaban J connectivity index is 3.39. The molecular formula is C4H7Cl3Hg. The molecule has 0 radical (unpaired) electrons. The van der Waals surface area contributed by atoms with Gasteiger partial charge in [-0.2, -0.15) is 0 Å². The van der Waals surface area contributed by atoms with E-state index >= 15 is 0 Å². The average molecular weight is 362 g/mol. The number of hydrogen-bond donors (Lipinski definition) is 0. The van der Waals surface area contributed by atoms with Crippen LogP contribution in [0.3, 0.4) is 0 Å². The van der Waals surface area contributed by atoms with Crippen molar-refractivity contribution >= 4 is 34.8 Å². The second-order valence-corrected chi connectivity index (χ2v) is 22.0. The summed E-state index contributed by atoms with van der Waals surface area (Å²) < 4.78 is -0.170. The standard InChI is InChI=1S/C3H7.CCl3.Hg/c1-3-2;2-1(3)4;/h3H,1-2H3;;. The molecule has 0 aromatic carbocycles. The van der Waals surface area contributed by atoms with Crippen molar-refractivity contribution in [1.82, 2.24) is 0 Å². The fourth-order valence-corrected chi connectivity index (χ4v) is 12.2. The SMILES string of the molecule is C[CH](C)[Hg][C](Cl)(Cl)Cl. The van der Waals surface area contributed by atoms with Crippen molar-refractivity contribution in [2.75, 3.05) is 0 Å². The van der Waals surface area contributed by atoms with E-state index in [0.717, 1.165) is 0 Å². The minimum absolute atomic E-state index is 0.669. The van der Waals surface area contributed by atoms with E-state index in [2.05, 4.69) is 13.8 Å². The first-order valence-corrected chi connectivity index (χ1v) is 9.54. The predicted molar refractivity (Wildman–Crippen MR) is 35.4 cm³/mol. The molecule has 0 aromatic rings. The maximum absolute atomic E-state index is 5.56. The molecule has 0 saturated carbocycles. The third-order valence-corrected chi connectivity index (χ3v) is 9.68. The minimum atomic E-state index is -1.20. The zero-order valence-electron chi connectivity index (χ0n) is 4.92. The van der Waals surface area contributed by atoms with Gasteiger partial charge in [-0.3, -0.25) is 0 Å². The summed E-state index contributed by atoms with van der Waals surface area (Å²) in [4.78, 5) is 0. The summed E-state index contributed by atoms with van der Waals surface area (Å²) in [7, 11) is 0. The molecule has 0 aliphatic rings. The van der Waals surface area contributed by atoms with Crippen LogP contribution in [0.4, 0.5) is 0 Å². The molecule has 0 fully saturated rings. The van der Waals surface area contributed by atoms with E-state index in [1.165, 1.54) is 0 Å². The number of hydrogen-bond acceptors (Lipinski definition) is 0. The van der Waals surface area contributed by atoms with Crippen LogP contribution in [0.25, 0.3) is 0 Å². The Morgan fingerprint density at radius 2 is 1.62 bits per heavy atom. The normalized spacial score (nSPS) is 11.8. The third-order valence-electron chi connectivity index (χ3n) is 0.640. The molecule has 0 rings (SSSR count). The average Bonchev–Trinajstić information content (AvgIpc) is 1.21. The molecule has 0 N–H and O–H groups in total. The Morgan fingerprint density at radius 3 is 1.62 bits per heavy atom. The van der Waals surface area contributed by atoms with Crippen LogP contribution >= 0.6 is 34.8 Å². The van der Waals surface area contributed by atoms with Crippen LogP contribution in [0.2, 0.25) is 3.43 Å². The van der Waals surface area contributed by atoms with Crippen LogP contribution in [0.15, 0.2) is 0 Å². The summed E-state index contributed by atoms with van der Waals surface area (Å²) in [5.41, 5.74) is 0. The molecule has 46 valence electrons. The molecule has 0 amide bonds. The Kier molecular flexibility index (Phi) is 4.72. The van der Waals surface area contributed by atoms with Crippen molar-refractivity contribution in [1.29, 1.82) is 0 Å². The van der Waals surface area contributed by atoms with E-state index in [1.54, 1.807) is 0 Å². The molecule has 4 heteroatoms. The first-order chi connectivity index (χ1) is 3.42. The topological polar surface area (TPSA) is 0 Å². The van der Waals surface area contributed by atoms with Crippen molar-refractivity contribution < 1.29 is 24.6 Å². The van der Waals surface area contributed by atoms with Crippen molar-refractivity contribution in [3.8, 4) is 0 Å². The van der Waals surface area contributed by atoms with Gasteiger partial charge in [0.15, 0.2) is 0 Å². The Labute approximate surface area is 77.3 Å². The van der Waals surface area contributed by atoms with Crippen LogP contribution in [0, 0.1) is 0 Å². The molecule has 8 heavy (non-hydrogen) atoms. The van der Waals surface area contributed by atoms with Crippen molar-refractivity contribution in [3.63, 3.8) is 0 Å². The van der Waals surface area contributed by atoms with E-state index in [4.69, 9.17) is 34.8 Å². The van der Waals surface area contributed by atoms with Crippen LogP contribution in [0.1, 0.15) is 13.8 Å². The van der Waals surface area contributed by atoms with E-state index in [-0.39, 0.29) is 0 Å². The van der Waals surface area contributed by atoms with Gasteiger partial charge in [-0.1, -0.05) is 0 Å². The summed E-state index contributed by atoms with van der Waals surface area (Å²) in [5.74, 6) is 0. The summed E-state index contributed by atoms with van der Waals surface area (Å²) in [5, 5.41) is 0. The zero-order chi connectivity index (χ0) is 6.78. The van der Waals surface area contributed by atoms with Gasteiger partial charge in [-0.05, 0) is 0 Å². The zero-order valence-corrected chi connectivity index (χ0v) is 12.7. The van der Waals surface area contributed by atoms with Gasteiger partial charge in [0.1, 0.15) is 0 Å². The molecule has 0 heterocycles. The van der Waals surface area contributed by atoms with Crippen LogP contribution in [-0.2, 0) is 24.6 Å².